The van der Waals surface area contributed by atoms with Gasteiger partial charge in [0, 0.05) is 19.2 Å². The Kier molecular flexibility index (Phi) is 4.90. The van der Waals surface area contributed by atoms with E-state index in [1.807, 2.05) is 18.2 Å². The first-order chi connectivity index (χ1) is 12.1. The second-order valence-electron chi connectivity index (χ2n) is 6.12. The minimum atomic E-state index is -0.109. The molecule has 1 aliphatic rings. The molecule has 1 heterocycles. The van der Waals surface area contributed by atoms with Crippen molar-refractivity contribution in [3.63, 3.8) is 0 Å². The maximum absolute atomic E-state index is 12.6. The molecule has 0 saturated heterocycles. The number of nitriles is 1. The van der Waals surface area contributed by atoms with Crippen molar-refractivity contribution in [3.8, 4) is 11.8 Å². The first-order valence-corrected chi connectivity index (χ1v) is 8.38. The Bertz CT molecular complexity index is 813. The van der Waals surface area contributed by atoms with Gasteiger partial charge in [-0.2, -0.15) is 5.26 Å². The molecular weight excluding hydrogens is 314 g/mol. The van der Waals surface area contributed by atoms with Crippen molar-refractivity contribution in [1.29, 1.82) is 5.26 Å². The molecule has 0 fully saturated rings. The molecule has 1 atom stereocenters. The molecule has 0 aromatic heterocycles. The molecule has 0 aliphatic carbocycles. The predicted molar refractivity (Wildman–Crippen MR) is 96.9 cm³/mol. The minimum absolute atomic E-state index is 0.0945. The van der Waals surface area contributed by atoms with Crippen LogP contribution in [0, 0.1) is 11.3 Å². The molecule has 5 heteroatoms. The van der Waals surface area contributed by atoms with E-state index in [4.69, 9.17) is 10.00 Å². The fourth-order valence-electron chi connectivity index (χ4n) is 3.10. The van der Waals surface area contributed by atoms with Crippen LogP contribution >= 0.6 is 0 Å². The summed E-state index contributed by atoms with van der Waals surface area (Å²) in [6.07, 6.45) is -0.0945. The zero-order valence-electron chi connectivity index (χ0n) is 14.5. The van der Waals surface area contributed by atoms with E-state index < -0.39 is 0 Å². The van der Waals surface area contributed by atoms with E-state index in [9.17, 15) is 4.79 Å². The Morgan fingerprint density at radius 2 is 2.12 bits per heavy atom. The third-order valence-corrected chi connectivity index (χ3v) is 4.37. The molecule has 1 amide bonds. The van der Waals surface area contributed by atoms with Gasteiger partial charge in [-0.1, -0.05) is 18.2 Å². The summed E-state index contributed by atoms with van der Waals surface area (Å²) in [7, 11) is 1.77. The van der Waals surface area contributed by atoms with Crippen LogP contribution in [0.1, 0.15) is 22.8 Å². The van der Waals surface area contributed by atoms with Gasteiger partial charge >= 0.3 is 0 Å². The Hall–Kier alpha value is -3.00. The molecule has 1 aliphatic heterocycles. The maximum Gasteiger partial charge on any atom is 0.253 e. The van der Waals surface area contributed by atoms with Crippen LogP contribution in [0.5, 0.6) is 5.75 Å². The van der Waals surface area contributed by atoms with Gasteiger partial charge in [0.15, 0.2) is 0 Å². The molecule has 3 rings (SSSR count). The lowest BCUT2D eigenvalue weighted by Gasteiger charge is -2.37. The molecule has 128 valence electrons. The lowest BCUT2D eigenvalue weighted by atomic mass is 10.1. The summed E-state index contributed by atoms with van der Waals surface area (Å²) in [5.41, 5.74) is 2.10. The molecule has 0 radical (unpaired) electrons. The van der Waals surface area contributed by atoms with Gasteiger partial charge in [-0.05, 0) is 37.3 Å². The number of amides is 1. The molecule has 25 heavy (non-hydrogen) atoms. The summed E-state index contributed by atoms with van der Waals surface area (Å²) in [5, 5.41) is 8.99. The van der Waals surface area contributed by atoms with Gasteiger partial charge in [-0.3, -0.25) is 4.79 Å². The first kappa shape index (κ1) is 16.8. The summed E-state index contributed by atoms with van der Waals surface area (Å²) in [5.74, 6) is 0.746. The molecule has 0 spiro atoms. The highest BCUT2D eigenvalue weighted by Gasteiger charge is 2.27. The molecule has 0 saturated carbocycles. The zero-order valence-corrected chi connectivity index (χ0v) is 14.5. The van der Waals surface area contributed by atoms with Crippen molar-refractivity contribution in [1.82, 2.24) is 4.90 Å². The van der Waals surface area contributed by atoms with Crippen LogP contribution in [0.3, 0.4) is 0 Å². The van der Waals surface area contributed by atoms with Gasteiger partial charge in [0.25, 0.3) is 5.91 Å². The molecule has 2 aromatic rings. The van der Waals surface area contributed by atoms with Crippen LogP contribution < -0.4 is 9.64 Å². The maximum atomic E-state index is 12.6. The molecule has 2 aromatic carbocycles. The fraction of sp³-hybridized carbons (Fsp3) is 0.300. The van der Waals surface area contributed by atoms with Crippen molar-refractivity contribution in [2.45, 2.75) is 13.0 Å². The van der Waals surface area contributed by atoms with E-state index >= 15 is 0 Å². The van der Waals surface area contributed by atoms with Gasteiger partial charge < -0.3 is 14.5 Å². The van der Waals surface area contributed by atoms with Gasteiger partial charge in [0.1, 0.15) is 11.9 Å². The van der Waals surface area contributed by atoms with E-state index in [0.717, 1.165) is 24.5 Å². The van der Waals surface area contributed by atoms with Crippen LogP contribution in [0.2, 0.25) is 0 Å². The van der Waals surface area contributed by atoms with E-state index in [1.165, 1.54) is 0 Å². The smallest absolute Gasteiger partial charge is 0.253 e. The fourth-order valence-corrected chi connectivity index (χ4v) is 3.10. The molecule has 0 N–H and O–H groups in total. The largest absolute Gasteiger partial charge is 0.485 e. The lowest BCUT2D eigenvalue weighted by molar-refractivity contribution is 0.0709. The Morgan fingerprint density at radius 1 is 1.32 bits per heavy atom. The average Bonchev–Trinajstić information content (AvgIpc) is 2.66. The van der Waals surface area contributed by atoms with Crippen LogP contribution in [-0.2, 0) is 0 Å². The molecule has 5 nitrogen and oxygen atoms in total. The number of benzene rings is 2. The van der Waals surface area contributed by atoms with E-state index in [-0.39, 0.29) is 12.0 Å². The van der Waals surface area contributed by atoms with Crippen LogP contribution in [0.4, 0.5) is 5.69 Å². The number of ether oxygens (including phenoxy) is 1. The van der Waals surface area contributed by atoms with Crippen molar-refractivity contribution in [2.24, 2.45) is 0 Å². The highest BCUT2D eigenvalue weighted by atomic mass is 16.5. The topological polar surface area (TPSA) is 56.6 Å². The van der Waals surface area contributed by atoms with Crippen molar-refractivity contribution >= 4 is 11.6 Å². The predicted octanol–water partition coefficient (Wildman–Crippen LogP) is 2.92. The summed E-state index contributed by atoms with van der Waals surface area (Å²) in [4.78, 5) is 16.5. The second kappa shape index (κ2) is 7.27. The number of fused-ring (bicyclic) bond motifs is 1. The third kappa shape index (κ3) is 3.58. The first-order valence-electron chi connectivity index (χ1n) is 8.38. The molecular formula is C20H21N3O2. The molecule has 1 unspecified atom stereocenters. The van der Waals surface area contributed by atoms with Crippen molar-refractivity contribution < 1.29 is 9.53 Å². The Labute approximate surface area is 148 Å². The number of anilines is 1. The van der Waals surface area contributed by atoms with Crippen LogP contribution in [0.15, 0.2) is 48.5 Å². The summed E-state index contributed by atoms with van der Waals surface area (Å²) in [6.45, 7) is 4.23. The quantitative estimate of drug-likeness (QED) is 0.862. The van der Waals surface area contributed by atoms with Gasteiger partial charge in [-0.25, -0.2) is 0 Å². The standard InChI is InChI=1S/C20H21N3O2/c1-3-23-14-17(25-19-10-5-4-9-18(19)23)13-22(2)20(24)16-8-6-7-15(11-16)12-21/h4-11,17H,3,13-14H2,1-2H3. The minimum Gasteiger partial charge on any atom is -0.485 e. The van der Waals surface area contributed by atoms with E-state index in [0.29, 0.717) is 17.7 Å². The summed E-state index contributed by atoms with van der Waals surface area (Å²) >= 11 is 0. The third-order valence-electron chi connectivity index (χ3n) is 4.37. The number of carbonyl (C=O) groups excluding carboxylic acids is 1. The summed E-state index contributed by atoms with van der Waals surface area (Å²) in [6, 6.07) is 16.8. The highest BCUT2D eigenvalue weighted by molar-refractivity contribution is 5.94. The van der Waals surface area contributed by atoms with Crippen LogP contribution in [-0.4, -0.2) is 43.6 Å². The number of likely N-dealkylation sites (N-methyl/N-ethyl adjacent to an activating group) is 2. The van der Waals surface area contributed by atoms with Crippen LogP contribution in [0.25, 0.3) is 0 Å². The van der Waals surface area contributed by atoms with E-state index in [2.05, 4.69) is 24.0 Å². The summed E-state index contributed by atoms with van der Waals surface area (Å²) < 4.78 is 6.08. The SMILES string of the molecule is CCN1CC(CN(C)C(=O)c2cccc(C#N)c2)Oc2ccccc21. The number of para-hydroxylation sites is 2. The van der Waals surface area contributed by atoms with Gasteiger partial charge in [0.05, 0.1) is 30.4 Å². The highest BCUT2D eigenvalue weighted by Crippen LogP contribution is 2.32. The Balaban J connectivity index is 1.72. The zero-order chi connectivity index (χ0) is 17.8. The number of hydrogen-bond acceptors (Lipinski definition) is 4. The Morgan fingerprint density at radius 3 is 2.88 bits per heavy atom. The lowest BCUT2D eigenvalue weighted by Crippen LogP contribution is -2.46. The van der Waals surface area contributed by atoms with Gasteiger partial charge in [0.2, 0.25) is 0 Å². The number of carbonyl (C=O) groups is 1. The number of hydrogen-bond donors (Lipinski definition) is 0. The monoisotopic (exact) mass is 335 g/mol. The number of rotatable bonds is 4. The molecule has 0 bridgehead atoms. The number of nitrogens with zero attached hydrogens (tertiary/aromatic N) is 3. The van der Waals surface area contributed by atoms with Gasteiger partial charge in [-0.15, -0.1) is 0 Å². The van der Waals surface area contributed by atoms with Crippen molar-refractivity contribution in [3.05, 3.63) is 59.7 Å². The second-order valence-corrected chi connectivity index (χ2v) is 6.12. The average molecular weight is 335 g/mol. The normalized spacial score (nSPS) is 15.7. The van der Waals surface area contributed by atoms with E-state index in [1.54, 1.807) is 36.2 Å². The van der Waals surface area contributed by atoms with Crippen molar-refractivity contribution in [2.75, 3.05) is 31.6 Å².